The number of imide groups is 1. The lowest BCUT2D eigenvalue weighted by Gasteiger charge is -2.20. The van der Waals surface area contributed by atoms with Crippen LogP contribution in [0, 0.1) is 0 Å². The third-order valence-corrected chi connectivity index (χ3v) is 5.36. The van der Waals surface area contributed by atoms with E-state index in [2.05, 4.69) is 10.6 Å². The monoisotopic (exact) mass is 397 g/mol. The molecule has 1 saturated heterocycles. The summed E-state index contributed by atoms with van der Waals surface area (Å²) < 4.78 is 38.5. The molecule has 1 aliphatic carbocycles. The van der Waals surface area contributed by atoms with Gasteiger partial charge < -0.3 is 10.6 Å². The lowest BCUT2D eigenvalue weighted by atomic mass is 9.98. The van der Waals surface area contributed by atoms with Crippen LogP contribution >= 0.6 is 0 Å². The van der Waals surface area contributed by atoms with Crippen molar-refractivity contribution in [2.45, 2.75) is 56.8 Å². The van der Waals surface area contributed by atoms with E-state index in [4.69, 9.17) is 0 Å². The molecule has 28 heavy (non-hydrogen) atoms. The van der Waals surface area contributed by atoms with Gasteiger partial charge in [-0.3, -0.25) is 14.5 Å². The van der Waals surface area contributed by atoms with Crippen LogP contribution in [0.2, 0.25) is 0 Å². The van der Waals surface area contributed by atoms with Crippen molar-refractivity contribution in [3.63, 3.8) is 0 Å². The highest BCUT2D eigenvalue weighted by molar-refractivity contribution is 6.07. The summed E-state index contributed by atoms with van der Waals surface area (Å²) >= 11 is 0. The smallest absolute Gasteiger partial charge is 0.350 e. The number of benzene rings is 1. The Morgan fingerprint density at radius 2 is 1.96 bits per heavy atom. The summed E-state index contributed by atoms with van der Waals surface area (Å²) in [5.74, 6) is -0.744. The van der Waals surface area contributed by atoms with E-state index in [0.29, 0.717) is 18.4 Å². The minimum absolute atomic E-state index is 0.0619. The van der Waals surface area contributed by atoms with E-state index in [9.17, 15) is 27.6 Å². The number of nitrogens with one attached hydrogen (secondary N) is 2. The average Bonchev–Trinajstić information content (AvgIpc) is 3.18. The van der Waals surface area contributed by atoms with Crippen molar-refractivity contribution in [2.75, 3.05) is 6.54 Å². The van der Waals surface area contributed by atoms with Gasteiger partial charge in [-0.25, -0.2) is 4.79 Å². The van der Waals surface area contributed by atoms with Gasteiger partial charge in [-0.2, -0.15) is 13.2 Å². The van der Waals surface area contributed by atoms with E-state index in [0.717, 1.165) is 29.9 Å². The summed E-state index contributed by atoms with van der Waals surface area (Å²) in [4.78, 5) is 37.9. The van der Waals surface area contributed by atoms with Crippen molar-refractivity contribution >= 4 is 17.8 Å². The highest BCUT2D eigenvalue weighted by Crippen LogP contribution is 2.35. The third-order valence-electron chi connectivity index (χ3n) is 5.36. The van der Waals surface area contributed by atoms with Crippen LogP contribution in [0.15, 0.2) is 24.3 Å². The van der Waals surface area contributed by atoms with Crippen LogP contribution in [-0.4, -0.2) is 34.8 Å². The van der Waals surface area contributed by atoms with Crippen LogP contribution in [0.1, 0.15) is 56.2 Å². The van der Waals surface area contributed by atoms with Gasteiger partial charge >= 0.3 is 12.2 Å². The largest absolute Gasteiger partial charge is 0.416 e. The first-order chi connectivity index (χ1) is 13.1. The fraction of sp³-hybridized carbons (Fsp3) is 0.526. The Hall–Kier alpha value is -2.58. The molecule has 1 saturated carbocycles. The molecule has 1 unspecified atom stereocenters. The molecule has 1 aromatic rings. The van der Waals surface area contributed by atoms with Crippen molar-refractivity contribution in [1.82, 2.24) is 15.5 Å². The fourth-order valence-corrected chi connectivity index (χ4v) is 3.79. The third kappa shape index (κ3) is 3.98. The number of carbonyl (C=O) groups is 3. The Morgan fingerprint density at radius 1 is 1.29 bits per heavy atom. The minimum Gasteiger partial charge on any atom is -0.350 e. The highest BCUT2D eigenvalue weighted by atomic mass is 19.4. The molecule has 152 valence electrons. The van der Waals surface area contributed by atoms with E-state index in [1.54, 1.807) is 6.92 Å². The zero-order chi connectivity index (χ0) is 20.5. The number of urea groups is 1. The van der Waals surface area contributed by atoms with E-state index in [1.165, 1.54) is 12.1 Å². The molecule has 1 aliphatic heterocycles. The van der Waals surface area contributed by atoms with Crippen LogP contribution in [0.5, 0.6) is 0 Å². The van der Waals surface area contributed by atoms with Gasteiger partial charge in [0.25, 0.3) is 5.91 Å². The fourth-order valence-electron chi connectivity index (χ4n) is 3.79. The molecule has 2 N–H and O–H groups in total. The molecule has 2 aliphatic rings. The standard InChI is InChI=1S/C19H22F3N3O3/c1-12(13-5-4-6-14(11-13)19(20,21)22)23-15(26)7-10-25-16(27)18(24-17(25)28)8-2-3-9-18/h4-6,11-12H,2-3,7-10H2,1H3,(H,23,26)(H,24,28). The second-order valence-corrected chi connectivity index (χ2v) is 7.34. The molecule has 1 heterocycles. The molecule has 3 rings (SSSR count). The molecule has 0 bridgehead atoms. The normalized spacial score (nSPS) is 19.8. The SMILES string of the molecule is CC(NC(=O)CCN1C(=O)NC2(CCCC2)C1=O)c1cccc(C(F)(F)F)c1. The molecule has 1 spiro atoms. The first-order valence-corrected chi connectivity index (χ1v) is 9.23. The van der Waals surface area contributed by atoms with Gasteiger partial charge in [0.1, 0.15) is 5.54 Å². The summed E-state index contributed by atoms with van der Waals surface area (Å²) in [5.41, 5.74) is -1.28. The van der Waals surface area contributed by atoms with Crippen LogP contribution in [0.3, 0.4) is 0 Å². The number of hydrogen-bond acceptors (Lipinski definition) is 3. The number of nitrogens with zero attached hydrogens (tertiary/aromatic N) is 1. The first kappa shape index (κ1) is 20.2. The zero-order valence-corrected chi connectivity index (χ0v) is 15.4. The predicted molar refractivity (Wildman–Crippen MR) is 94.1 cm³/mol. The minimum atomic E-state index is -4.46. The van der Waals surface area contributed by atoms with Gasteiger partial charge in [-0.15, -0.1) is 0 Å². The number of amides is 4. The summed E-state index contributed by atoms with van der Waals surface area (Å²) in [6.07, 6.45) is -1.62. The van der Waals surface area contributed by atoms with Crippen LogP contribution in [-0.2, 0) is 15.8 Å². The predicted octanol–water partition coefficient (Wildman–Crippen LogP) is 3.14. The zero-order valence-electron chi connectivity index (χ0n) is 15.4. The van der Waals surface area contributed by atoms with Crippen molar-refractivity contribution in [1.29, 1.82) is 0 Å². The molecule has 2 fully saturated rings. The molecule has 6 nitrogen and oxygen atoms in total. The number of carbonyl (C=O) groups excluding carboxylic acids is 3. The summed E-state index contributed by atoms with van der Waals surface area (Å²) in [6.45, 7) is 1.52. The van der Waals surface area contributed by atoms with Crippen LogP contribution in [0.4, 0.5) is 18.0 Å². The number of halogens is 3. The van der Waals surface area contributed by atoms with Gasteiger partial charge in [0, 0.05) is 13.0 Å². The van der Waals surface area contributed by atoms with Crippen molar-refractivity contribution < 1.29 is 27.6 Å². The molecule has 1 atom stereocenters. The van der Waals surface area contributed by atoms with Gasteiger partial charge in [-0.05, 0) is 37.5 Å². The van der Waals surface area contributed by atoms with Crippen LogP contribution in [0.25, 0.3) is 0 Å². The maximum atomic E-state index is 12.8. The summed E-state index contributed by atoms with van der Waals surface area (Å²) in [7, 11) is 0. The molecule has 0 radical (unpaired) electrons. The summed E-state index contributed by atoms with van der Waals surface area (Å²) in [5, 5.41) is 5.35. The maximum absolute atomic E-state index is 12.8. The highest BCUT2D eigenvalue weighted by Gasteiger charge is 2.52. The van der Waals surface area contributed by atoms with E-state index in [1.807, 2.05) is 0 Å². The first-order valence-electron chi connectivity index (χ1n) is 9.23. The van der Waals surface area contributed by atoms with E-state index < -0.39 is 35.3 Å². The lowest BCUT2D eigenvalue weighted by Crippen LogP contribution is -2.44. The Morgan fingerprint density at radius 3 is 2.61 bits per heavy atom. The Balaban J connectivity index is 1.56. The topological polar surface area (TPSA) is 78.5 Å². The molecular weight excluding hydrogens is 375 g/mol. The Kier molecular flexibility index (Phi) is 5.36. The molecule has 4 amide bonds. The van der Waals surface area contributed by atoms with Crippen molar-refractivity contribution in [2.24, 2.45) is 0 Å². The van der Waals surface area contributed by atoms with Crippen LogP contribution < -0.4 is 10.6 Å². The Labute approximate surface area is 160 Å². The summed E-state index contributed by atoms with van der Waals surface area (Å²) in [6, 6.07) is 3.61. The van der Waals surface area contributed by atoms with E-state index >= 15 is 0 Å². The molecular formula is C19H22F3N3O3. The quantitative estimate of drug-likeness (QED) is 0.750. The van der Waals surface area contributed by atoms with Gasteiger partial charge in [0.15, 0.2) is 0 Å². The Bertz CT molecular complexity index is 788. The van der Waals surface area contributed by atoms with Crippen molar-refractivity contribution in [3.05, 3.63) is 35.4 Å². The average molecular weight is 397 g/mol. The lowest BCUT2D eigenvalue weighted by molar-refractivity contribution is -0.137. The molecule has 1 aromatic carbocycles. The number of rotatable bonds is 5. The van der Waals surface area contributed by atoms with Gasteiger partial charge in [0.05, 0.1) is 11.6 Å². The molecule has 9 heteroatoms. The number of hydrogen-bond donors (Lipinski definition) is 2. The maximum Gasteiger partial charge on any atom is 0.416 e. The van der Waals surface area contributed by atoms with E-state index in [-0.39, 0.29) is 18.9 Å². The van der Waals surface area contributed by atoms with Gasteiger partial charge in [0.2, 0.25) is 5.91 Å². The van der Waals surface area contributed by atoms with Gasteiger partial charge in [-0.1, -0.05) is 25.0 Å². The molecule has 0 aromatic heterocycles. The second kappa shape index (κ2) is 7.44. The van der Waals surface area contributed by atoms with Crippen molar-refractivity contribution in [3.8, 4) is 0 Å². The second-order valence-electron chi connectivity index (χ2n) is 7.34. The number of alkyl halides is 3.